The van der Waals surface area contributed by atoms with E-state index in [0.717, 1.165) is 41.7 Å². The van der Waals surface area contributed by atoms with E-state index in [9.17, 15) is 13.2 Å². The number of hydrogen-bond donors (Lipinski definition) is 0. The van der Waals surface area contributed by atoms with Crippen molar-refractivity contribution >= 4 is 23.4 Å². The lowest BCUT2D eigenvalue weighted by molar-refractivity contribution is -0.153. The first-order valence-electron chi connectivity index (χ1n) is 8.96. The molecule has 27 heavy (non-hydrogen) atoms. The number of benzene rings is 2. The molecular weight excluding hydrogens is 393 g/mol. The van der Waals surface area contributed by atoms with Gasteiger partial charge in [0.25, 0.3) is 0 Å². The number of alkyl halides is 3. The van der Waals surface area contributed by atoms with E-state index in [1.165, 1.54) is 0 Å². The lowest BCUT2D eigenvalue weighted by Gasteiger charge is -2.42. The molecular formula is C21H22ClF3OS. The van der Waals surface area contributed by atoms with Crippen molar-refractivity contribution in [1.29, 1.82) is 0 Å². The minimum absolute atomic E-state index is 0.0696. The molecule has 0 radical (unpaired) electrons. The van der Waals surface area contributed by atoms with Gasteiger partial charge in [0.15, 0.2) is 6.61 Å². The fraction of sp³-hybridized carbons (Fsp3) is 0.429. The highest BCUT2D eigenvalue weighted by atomic mass is 35.5. The molecule has 1 aliphatic rings. The molecule has 0 amide bonds. The molecule has 2 aromatic carbocycles. The Morgan fingerprint density at radius 2 is 1.81 bits per heavy atom. The van der Waals surface area contributed by atoms with Crippen LogP contribution in [0.2, 0.25) is 5.02 Å². The van der Waals surface area contributed by atoms with Crippen molar-refractivity contribution in [2.75, 3.05) is 12.9 Å². The molecule has 146 valence electrons. The molecule has 6 heteroatoms. The lowest BCUT2D eigenvalue weighted by atomic mass is 9.62. The number of halogens is 4. The summed E-state index contributed by atoms with van der Waals surface area (Å²) in [4.78, 5) is 1.09. The molecule has 0 N–H and O–H groups in total. The van der Waals surface area contributed by atoms with Crippen molar-refractivity contribution in [2.24, 2.45) is 0 Å². The molecule has 0 bridgehead atoms. The summed E-state index contributed by atoms with van der Waals surface area (Å²) in [5.41, 5.74) is 2.58. The smallest absolute Gasteiger partial charge is 0.422 e. The zero-order valence-corrected chi connectivity index (χ0v) is 16.9. The SMILES string of the molecule is CCC1(c2cc(Cl)c(OCC(F)(F)F)c(-c3ccc(SC)cc3)c2)CCC1. The molecule has 2 aromatic rings. The summed E-state index contributed by atoms with van der Waals surface area (Å²) in [5, 5.41) is 0.236. The molecule has 1 aliphatic carbocycles. The topological polar surface area (TPSA) is 9.23 Å². The van der Waals surface area contributed by atoms with Crippen LogP contribution in [0.3, 0.4) is 0 Å². The van der Waals surface area contributed by atoms with Gasteiger partial charge in [0.05, 0.1) is 5.02 Å². The van der Waals surface area contributed by atoms with Crippen molar-refractivity contribution in [3.05, 3.63) is 47.0 Å². The van der Waals surface area contributed by atoms with Gasteiger partial charge < -0.3 is 4.74 Å². The van der Waals surface area contributed by atoms with Crippen LogP contribution in [-0.2, 0) is 5.41 Å². The van der Waals surface area contributed by atoms with Crippen LogP contribution in [0.1, 0.15) is 38.2 Å². The second kappa shape index (κ2) is 7.96. The summed E-state index contributed by atoms with van der Waals surface area (Å²) in [5.74, 6) is 0.0974. The maximum Gasteiger partial charge on any atom is 0.422 e. The quantitative estimate of drug-likeness (QED) is 0.452. The third-order valence-corrected chi connectivity index (χ3v) is 6.45. The molecule has 0 aromatic heterocycles. The van der Waals surface area contributed by atoms with E-state index in [1.807, 2.05) is 36.6 Å². The summed E-state index contributed by atoms with van der Waals surface area (Å²) in [6.07, 6.45) is 1.86. The Hall–Kier alpha value is -1.33. The van der Waals surface area contributed by atoms with E-state index < -0.39 is 12.8 Å². The second-order valence-electron chi connectivity index (χ2n) is 6.95. The largest absolute Gasteiger partial charge is 0.482 e. The van der Waals surface area contributed by atoms with Crippen molar-refractivity contribution in [1.82, 2.24) is 0 Å². The van der Waals surface area contributed by atoms with Crippen molar-refractivity contribution < 1.29 is 17.9 Å². The number of hydrogen-bond acceptors (Lipinski definition) is 2. The molecule has 0 unspecified atom stereocenters. The fourth-order valence-corrected chi connectivity index (χ4v) is 4.32. The number of rotatable bonds is 6. The van der Waals surface area contributed by atoms with Crippen LogP contribution in [0.5, 0.6) is 5.75 Å². The summed E-state index contributed by atoms with van der Waals surface area (Å²) >= 11 is 8.03. The van der Waals surface area contributed by atoms with Crippen LogP contribution in [0.25, 0.3) is 11.1 Å². The lowest BCUT2D eigenvalue weighted by Crippen LogP contribution is -2.33. The Kier molecular flexibility index (Phi) is 6.02. The molecule has 1 saturated carbocycles. The third kappa shape index (κ3) is 4.40. The van der Waals surface area contributed by atoms with Crippen LogP contribution < -0.4 is 4.74 Å². The first-order valence-corrected chi connectivity index (χ1v) is 10.6. The summed E-state index contributed by atoms with van der Waals surface area (Å²) < 4.78 is 43.3. The van der Waals surface area contributed by atoms with E-state index in [2.05, 4.69) is 6.92 Å². The van der Waals surface area contributed by atoms with Gasteiger partial charge in [-0.3, -0.25) is 0 Å². The highest BCUT2D eigenvalue weighted by molar-refractivity contribution is 7.98. The van der Waals surface area contributed by atoms with Gasteiger partial charge in [0.2, 0.25) is 0 Å². The maximum atomic E-state index is 12.7. The number of ether oxygens (including phenoxy) is 1. The molecule has 0 heterocycles. The van der Waals surface area contributed by atoms with E-state index in [1.54, 1.807) is 17.8 Å². The van der Waals surface area contributed by atoms with E-state index in [0.29, 0.717) is 5.56 Å². The Morgan fingerprint density at radius 3 is 2.30 bits per heavy atom. The van der Waals surface area contributed by atoms with Gasteiger partial charge in [-0.15, -0.1) is 11.8 Å². The summed E-state index contributed by atoms with van der Waals surface area (Å²) in [7, 11) is 0. The zero-order valence-electron chi connectivity index (χ0n) is 15.3. The van der Waals surface area contributed by atoms with Gasteiger partial charge in [0, 0.05) is 10.5 Å². The van der Waals surface area contributed by atoms with E-state index >= 15 is 0 Å². The van der Waals surface area contributed by atoms with Crippen LogP contribution in [0, 0.1) is 0 Å². The monoisotopic (exact) mass is 414 g/mol. The minimum atomic E-state index is -4.42. The normalized spacial score (nSPS) is 16.1. The van der Waals surface area contributed by atoms with Crippen molar-refractivity contribution in [3.8, 4) is 16.9 Å². The van der Waals surface area contributed by atoms with Gasteiger partial charge in [-0.05, 0) is 66.3 Å². The Labute approximate surface area is 167 Å². The van der Waals surface area contributed by atoms with Crippen LogP contribution >= 0.6 is 23.4 Å². The predicted molar refractivity (Wildman–Crippen MR) is 106 cm³/mol. The molecule has 0 saturated heterocycles. The van der Waals surface area contributed by atoms with Crippen molar-refractivity contribution in [3.63, 3.8) is 0 Å². The van der Waals surface area contributed by atoms with Crippen LogP contribution in [-0.4, -0.2) is 19.0 Å². The number of thioether (sulfide) groups is 1. The average molecular weight is 415 g/mol. The summed E-state index contributed by atoms with van der Waals surface area (Å²) in [6, 6.07) is 11.5. The Morgan fingerprint density at radius 1 is 1.15 bits per heavy atom. The standard InChI is InChI=1S/C21H22ClF3OS/c1-3-20(9-4-10-20)15-11-17(14-5-7-16(27-2)8-6-14)19(18(22)12-15)26-13-21(23,24)25/h5-8,11-12H,3-4,9-10,13H2,1-2H3. The average Bonchev–Trinajstić information content (AvgIpc) is 2.59. The molecule has 0 aliphatic heterocycles. The van der Waals surface area contributed by atoms with E-state index in [4.69, 9.17) is 16.3 Å². The minimum Gasteiger partial charge on any atom is -0.482 e. The highest BCUT2D eigenvalue weighted by Crippen LogP contribution is 2.50. The Bertz CT molecular complexity index is 793. The van der Waals surface area contributed by atoms with E-state index in [-0.39, 0.29) is 16.2 Å². The first kappa shape index (κ1) is 20.4. The molecule has 0 atom stereocenters. The summed E-state index contributed by atoms with van der Waals surface area (Å²) in [6.45, 7) is 0.787. The Balaban J connectivity index is 2.08. The first-order chi connectivity index (χ1) is 12.8. The molecule has 0 spiro atoms. The second-order valence-corrected chi connectivity index (χ2v) is 8.24. The fourth-order valence-electron chi connectivity index (χ4n) is 3.64. The van der Waals surface area contributed by atoms with Crippen molar-refractivity contribution in [2.45, 2.75) is 49.1 Å². The van der Waals surface area contributed by atoms with Gasteiger partial charge in [-0.2, -0.15) is 13.2 Å². The predicted octanol–water partition coefficient (Wildman–Crippen LogP) is 7.50. The van der Waals surface area contributed by atoms with Crippen LogP contribution in [0.15, 0.2) is 41.3 Å². The molecule has 1 nitrogen and oxygen atoms in total. The van der Waals surface area contributed by atoms with Crippen LogP contribution in [0.4, 0.5) is 13.2 Å². The van der Waals surface area contributed by atoms with Gasteiger partial charge in [0.1, 0.15) is 5.75 Å². The maximum absolute atomic E-state index is 12.7. The third-order valence-electron chi connectivity index (χ3n) is 5.42. The zero-order chi connectivity index (χ0) is 19.7. The van der Waals surface area contributed by atoms with Gasteiger partial charge >= 0.3 is 6.18 Å². The van der Waals surface area contributed by atoms with Gasteiger partial charge in [-0.25, -0.2) is 0 Å². The molecule has 1 fully saturated rings. The highest BCUT2D eigenvalue weighted by Gasteiger charge is 2.38. The molecule has 3 rings (SSSR count). The van der Waals surface area contributed by atoms with Gasteiger partial charge in [-0.1, -0.05) is 37.1 Å².